The van der Waals surface area contributed by atoms with Crippen LogP contribution in [0, 0.1) is 4.77 Å². The number of likely N-dealkylation sites (tertiary alicyclic amines) is 1. The van der Waals surface area contributed by atoms with Gasteiger partial charge in [0, 0.05) is 12.4 Å². The number of aryl methyl sites for hydroxylation is 1. The number of anilines is 1. The van der Waals surface area contributed by atoms with Crippen LogP contribution in [0.4, 0.5) is 5.13 Å². The molecule has 31 heavy (non-hydrogen) atoms. The number of carboxylic acids is 1. The molecule has 0 radical (unpaired) electrons. The molecule has 1 fully saturated rings. The molecule has 0 spiro atoms. The van der Waals surface area contributed by atoms with Crippen molar-refractivity contribution in [1.29, 1.82) is 0 Å². The first kappa shape index (κ1) is 22.0. The normalized spacial score (nSPS) is 16.8. The number of nitrogen functional groups attached to an aromatic ring is 1. The van der Waals surface area contributed by atoms with Crippen LogP contribution >= 0.6 is 23.6 Å². The van der Waals surface area contributed by atoms with E-state index in [1.165, 1.54) is 27.9 Å². The average Bonchev–Trinajstić information content (AvgIpc) is 3.29. The molecule has 2 aromatic heterocycles. The fourth-order valence-corrected chi connectivity index (χ4v) is 3.32. The zero-order valence-corrected chi connectivity index (χ0v) is 17.9. The summed E-state index contributed by atoms with van der Waals surface area (Å²) in [7, 11) is 2.85. The third-order valence-corrected chi connectivity index (χ3v) is 5.29. The van der Waals surface area contributed by atoms with E-state index in [0.29, 0.717) is 0 Å². The third-order valence-electron chi connectivity index (χ3n) is 4.14. The molecule has 16 heteroatoms. The number of carboxylic acid groups (broad SMARTS) is 1. The number of oxime groups is 1. The number of nitrogens with two attached hydrogens (primary N) is 1. The zero-order valence-electron chi connectivity index (χ0n) is 16.3. The van der Waals surface area contributed by atoms with Crippen LogP contribution in [0.25, 0.3) is 0 Å². The van der Waals surface area contributed by atoms with E-state index >= 15 is 0 Å². The minimum absolute atomic E-state index is 0.00497. The van der Waals surface area contributed by atoms with Gasteiger partial charge in [0.25, 0.3) is 11.8 Å². The van der Waals surface area contributed by atoms with Crippen LogP contribution in [-0.2, 0) is 32.8 Å². The molecule has 0 aromatic carbocycles. The molecule has 1 saturated heterocycles. The lowest BCUT2D eigenvalue weighted by molar-refractivity contribution is -0.148. The molecule has 1 aliphatic heterocycles. The largest absolute Gasteiger partial charge is 0.477 e. The van der Waals surface area contributed by atoms with Gasteiger partial charge in [0.2, 0.25) is 4.77 Å². The van der Waals surface area contributed by atoms with Gasteiger partial charge >= 0.3 is 5.97 Å². The van der Waals surface area contributed by atoms with Crippen molar-refractivity contribution in [3.05, 3.63) is 27.6 Å². The Labute approximate surface area is 183 Å². The van der Waals surface area contributed by atoms with E-state index < -0.39 is 23.8 Å². The summed E-state index contributed by atoms with van der Waals surface area (Å²) in [6.45, 7) is -0.0426. The monoisotopic (exact) mass is 467 g/mol. The number of nitrogens with one attached hydrogen (secondary N) is 1. The van der Waals surface area contributed by atoms with Crippen molar-refractivity contribution in [2.75, 3.05) is 19.4 Å². The summed E-state index contributed by atoms with van der Waals surface area (Å²) < 4.78 is 2.93. The summed E-state index contributed by atoms with van der Waals surface area (Å²) in [5.74, 6) is -2.62. The molecule has 1 aliphatic rings. The SMILES string of the molecule is CO/N=C(\C(=O)NC1CN(/C(=C\Cn2nnn(C)c2=S)C(=O)O)C1=O)c1csc(N)n1. The molecule has 2 aromatic rings. The Morgan fingerprint density at radius 3 is 2.77 bits per heavy atom. The lowest BCUT2D eigenvalue weighted by atomic mass is 10.1. The Balaban J connectivity index is 1.68. The molecule has 3 heterocycles. The second-order valence-corrected chi connectivity index (χ2v) is 7.38. The second-order valence-electron chi connectivity index (χ2n) is 6.13. The molecule has 0 saturated carbocycles. The van der Waals surface area contributed by atoms with Crippen LogP contribution < -0.4 is 11.1 Å². The molecule has 164 valence electrons. The molecule has 0 aliphatic carbocycles. The number of nitrogens with zero attached hydrogens (tertiary/aromatic N) is 7. The molecule has 2 amide bonds. The zero-order chi connectivity index (χ0) is 22.7. The number of aromatic nitrogens is 5. The number of tetrazole rings is 1. The molecule has 14 nitrogen and oxygen atoms in total. The van der Waals surface area contributed by atoms with Gasteiger partial charge in [-0.2, -0.15) is 0 Å². The minimum Gasteiger partial charge on any atom is -0.477 e. The second kappa shape index (κ2) is 9.00. The Morgan fingerprint density at radius 2 is 2.26 bits per heavy atom. The lowest BCUT2D eigenvalue weighted by Gasteiger charge is -2.38. The maximum Gasteiger partial charge on any atom is 0.352 e. The quantitative estimate of drug-likeness (QED) is 0.139. The number of rotatable bonds is 8. The molecule has 0 bridgehead atoms. The molecular formula is C15H17N9O5S2. The minimum atomic E-state index is -1.31. The van der Waals surface area contributed by atoms with Gasteiger partial charge in [-0.1, -0.05) is 5.16 Å². The standard InChI is InChI=1S/C15H17N9O5S2/c1-22-15(30)24(21-20-22)4-3-9(13(27)28)23-5-7(12(23)26)17-11(25)10(19-29-2)8-6-31-14(16)18-8/h3,6-7H,4-5H2,1-2H3,(H2,16,18)(H,17,25)(H,27,28)/b9-3-,19-10-. The average molecular weight is 467 g/mol. The summed E-state index contributed by atoms with van der Waals surface area (Å²) in [4.78, 5) is 46.3. The van der Waals surface area contributed by atoms with E-state index in [2.05, 4.69) is 30.7 Å². The van der Waals surface area contributed by atoms with Gasteiger partial charge in [-0.3, -0.25) is 9.59 Å². The number of hydrogen-bond donors (Lipinski definition) is 3. The maximum atomic E-state index is 12.5. The van der Waals surface area contributed by atoms with Crippen LogP contribution in [0.5, 0.6) is 0 Å². The number of carbonyl (C=O) groups excluding carboxylic acids is 2. The van der Waals surface area contributed by atoms with E-state index in [-0.39, 0.29) is 40.1 Å². The highest BCUT2D eigenvalue weighted by Gasteiger charge is 2.42. The van der Waals surface area contributed by atoms with Crippen LogP contribution in [0.2, 0.25) is 0 Å². The third kappa shape index (κ3) is 4.58. The van der Waals surface area contributed by atoms with Crippen LogP contribution in [-0.4, -0.2) is 78.0 Å². The Hall–Kier alpha value is -3.66. The fourth-order valence-electron chi connectivity index (χ4n) is 2.62. The molecular weight excluding hydrogens is 450 g/mol. The van der Waals surface area contributed by atoms with Gasteiger partial charge in [0.1, 0.15) is 24.5 Å². The van der Waals surface area contributed by atoms with Crippen LogP contribution in [0.3, 0.4) is 0 Å². The smallest absolute Gasteiger partial charge is 0.352 e. The van der Waals surface area contributed by atoms with Crippen molar-refractivity contribution in [1.82, 2.24) is 35.0 Å². The van der Waals surface area contributed by atoms with Gasteiger partial charge in [-0.05, 0) is 28.7 Å². The van der Waals surface area contributed by atoms with Crippen LogP contribution in [0.1, 0.15) is 5.69 Å². The highest BCUT2D eigenvalue weighted by atomic mass is 32.1. The van der Waals surface area contributed by atoms with Gasteiger partial charge in [-0.15, -0.1) is 11.3 Å². The number of aliphatic carboxylic acids is 1. The van der Waals surface area contributed by atoms with Crippen molar-refractivity contribution >= 4 is 52.2 Å². The van der Waals surface area contributed by atoms with Gasteiger partial charge in [-0.25, -0.2) is 19.1 Å². The number of carbonyl (C=O) groups is 3. The van der Waals surface area contributed by atoms with E-state index in [1.54, 1.807) is 7.05 Å². The Bertz CT molecular complexity index is 1150. The number of β-lactam (4-membered cyclic amide) rings is 1. The lowest BCUT2D eigenvalue weighted by Crippen LogP contribution is -2.64. The highest BCUT2D eigenvalue weighted by molar-refractivity contribution is 7.71. The highest BCUT2D eigenvalue weighted by Crippen LogP contribution is 2.19. The van der Waals surface area contributed by atoms with Gasteiger partial charge in [0.05, 0.1) is 13.1 Å². The predicted molar refractivity (Wildman–Crippen MR) is 109 cm³/mol. The van der Waals surface area contributed by atoms with E-state index in [4.69, 9.17) is 18.0 Å². The summed E-state index contributed by atoms with van der Waals surface area (Å²) in [6, 6.07) is -0.938. The Kier molecular flexibility index (Phi) is 6.40. The van der Waals surface area contributed by atoms with E-state index in [1.807, 2.05) is 0 Å². The van der Waals surface area contributed by atoms with E-state index in [9.17, 15) is 19.5 Å². The number of thiazole rings is 1. The molecule has 3 rings (SSSR count). The number of hydrogen-bond acceptors (Lipinski definition) is 11. The van der Waals surface area contributed by atoms with E-state index in [0.717, 1.165) is 16.2 Å². The summed E-state index contributed by atoms with van der Waals surface area (Å²) in [5.41, 5.74) is 5.34. The fraction of sp³-hybridized carbons (Fsp3) is 0.333. The van der Waals surface area contributed by atoms with Crippen molar-refractivity contribution in [2.24, 2.45) is 12.2 Å². The molecule has 1 unspecified atom stereocenters. The molecule has 4 N–H and O–H groups in total. The van der Waals surface area contributed by atoms with Gasteiger partial charge in [0.15, 0.2) is 10.8 Å². The van der Waals surface area contributed by atoms with Crippen molar-refractivity contribution in [3.63, 3.8) is 0 Å². The summed E-state index contributed by atoms with van der Waals surface area (Å²) in [5, 5.41) is 24.8. The van der Waals surface area contributed by atoms with Crippen molar-refractivity contribution in [2.45, 2.75) is 12.6 Å². The van der Waals surface area contributed by atoms with Gasteiger partial charge < -0.3 is 25.9 Å². The first-order chi connectivity index (χ1) is 14.7. The number of allylic oxidation sites excluding steroid dienone is 1. The summed E-state index contributed by atoms with van der Waals surface area (Å²) in [6.07, 6.45) is 1.29. The van der Waals surface area contributed by atoms with Crippen molar-refractivity contribution < 1.29 is 24.3 Å². The predicted octanol–water partition coefficient (Wildman–Crippen LogP) is -1.27. The van der Waals surface area contributed by atoms with Crippen LogP contribution in [0.15, 0.2) is 22.3 Å². The Morgan fingerprint density at radius 1 is 1.52 bits per heavy atom. The maximum absolute atomic E-state index is 12.5. The van der Waals surface area contributed by atoms with Crippen molar-refractivity contribution in [3.8, 4) is 0 Å². The first-order valence-corrected chi connectivity index (χ1v) is 9.86. The summed E-state index contributed by atoms with van der Waals surface area (Å²) >= 11 is 6.20. The molecule has 1 atom stereocenters. The first-order valence-electron chi connectivity index (χ1n) is 8.58. The number of amides is 2. The topological polar surface area (TPSA) is 183 Å².